The van der Waals surface area contributed by atoms with Crippen LogP contribution in [0.4, 0.5) is 4.79 Å². The SMILES string of the molecule is CC(C)OCCCCNC(=O)N(C)CC(C)C(=O)O. The van der Waals surface area contributed by atoms with Crippen molar-refractivity contribution in [3.8, 4) is 0 Å². The molecule has 0 rings (SSSR count). The van der Waals surface area contributed by atoms with Crippen molar-refractivity contribution >= 4 is 12.0 Å². The summed E-state index contributed by atoms with van der Waals surface area (Å²) in [5.74, 6) is -1.46. The Kier molecular flexibility index (Phi) is 8.95. The highest BCUT2D eigenvalue weighted by molar-refractivity contribution is 5.75. The van der Waals surface area contributed by atoms with Crippen LogP contribution in [-0.4, -0.2) is 54.9 Å². The molecule has 0 aliphatic rings. The molecule has 2 amide bonds. The molecule has 112 valence electrons. The molecule has 0 spiro atoms. The van der Waals surface area contributed by atoms with E-state index in [2.05, 4.69) is 5.32 Å². The predicted octanol–water partition coefficient (Wildman–Crippen LogP) is 1.55. The number of rotatable bonds is 9. The van der Waals surface area contributed by atoms with Crippen LogP contribution in [0.2, 0.25) is 0 Å². The smallest absolute Gasteiger partial charge is 0.317 e. The monoisotopic (exact) mass is 274 g/mol. The summed E-state index contributed by atoms with van der Waals surface area (Å²) in [6, 6.07) is -0.238. The molecule has 0 aliphatic heterocycles. The maximum Gasteiger partial charge on any atom is 0.317 e. The summed E-state index contributed by atoms with van der Waals surface area (Å²) in [6.07, 6.45) is 1.98. The van der Waals surface area contributed by atoms with Crippen LogP contribution in [0.5, 0.6) is 0 Å². The Morgan fingerprint density at radius 3 is 2.42 bits per heavy atom. The van der Waals surface area contributed by atoms with Gasteiger partial charge in [-0.15, -0.1) is 0 Å². The second-order valence-electron chi connectivity index (χ2n) is 4.98. The molecule has 2 N–H and O–H groups in total. The number of ether oxygens (including phenoxy) is 1. The van der Waals surface area contributed by atoms with Crippen molar-refractivity contribution in [2.75, 3.05) is 26.7 Å². The third-order valence-corrected chi connectivity index (χ3v) is 2.61. The highest BCUT2D eigenvalue weighted by Crippen LogP contribution is 1.99. The molecule has 0 aromatic heterocycles. The molecule has 0 fully saturated rings. The van der Waals surface area contributed by atoms with Crippen molar-refractivity contribution in [3.05, 3.63) is 0 Å². The Bertz CT molecular complexity index is 282. The van der Waals surface area contributed by atoms with Gasteiger partial charge in [0.15, 0.2) is 0 Å². The number of hydrogen-bond donors (Lipinski definition) is 2. The summed E-state index contributed by atoms with van der Waals surface area (Å²) in [5, 5.41) is 11.5. The lowest BCUT2D eigenvalue weighted by atomic mass is 10.2. The fourth-order valence-electron chi connectivity index (χ4n) is 1.45. The topological polar surface area (TPSA) is 78.9 Å². The first-order chi connectivity index (χ1) is 8.84. The van der Waals surface area contributed by atoms with Gasteiger partial charge in [-0.3, -0.25) is 4.79 Å². The van der Waals surface area contributed by atoms with Gasteiger partial charge >= 0.3 is 12.0 Å². The Morgan fingerprint density at radius 1 is 1.26 bits per heavy atom. The normalized spacial score (nSPS) is 12.3. The van der Waals surface area contributed by atoms with Crippen molar-refractivity contribution in [1.82, 2.24) is 10.2 Å². The van der Waals surface area contributed by atoms with Gasteiger partial charge in [-0.25, -0.2) is 4.79 Å². The standard InChI is InChI=1S/C13H26N2O4/c1-10(2)19-8-6-5-7-14-13(18)15(4)9-11(3)12(16)17/h10-11H,5-9H2,1-4H3,(H,14,18)(H,16,17). The molecule has 19 heavy (non-hydrogen) atoms. The van der Waals surface area contributed by atoms with E-state index in [9.17, 15) is 9.59 Å². The molecular weight excluding hydrogens is 248 g/mol. The lowest BCUT2D eigenvalue weighted by molar-refractivity contribution is -0.141. The molecule has 6 nitrogen and oxygen atoms in total. The average molecular weight is 274 g/mol. The van der Waals surface area contributed by atoms with E-state index in [1.807, 2.05) is 13.8 Å². The zero-order chi connectivity index (χ0) is 14.8. The van der Waals surface area contributed by atoms with Crippen LogP contribution in [0.1, 0.15) is 33.6 Å². The number of carbonyl (C=O) groups is 2. The molecule has 0 aliphatic carbocycles. The summed E-state index contributed by atoms with van der Waals surface area (Å²) < 4.78 is 5.39. The summed E-state index contributed by atoms with van der Waals surface area (Å²) >= 11 is 0. The van der Waals surface area contributed by atoms with Gasteiger partial charge < -0.3 is 20.1 Å². The Morgan fingerprint density at radius 2 is 1.89 bits per heavy atom. The second kappa shape index (κ2) is 9.61. The fraction of sp³-hybridized carbons (Fsp3) is 0.846. The highest BCUT2D eigenvalue weighted by Gasteiger charge is 2.16. The van der Waals surface area contributed by atoms with Crippen LogP contribution in [0.15, 0.2) is 0 Å². The molecule has 1 atom stereocenters. The summed E-state index contributed by atoms with van der Waals surface area (Å²) in [6.45, 7) is 7.03. The first-order valence-corrected chi connectivity index (χ1v) is 6.68. The van der Waals surface area contributed by atoms with Gasteiger partial charge in [0.1, 0.15) is 0 Å². The third-order valence-electron chi connectivity index (χ3n) is 2.61. The van der Waals surface area contributed by atoms with E-state index in [-0.39, 0.29) is 18.7 Å². The molecule has 0 heterocycles. The minimum atomic E-state index is -0.898. The number of nitrogens with zero attached hydrogens (tertiary/aromatic N) is 1. The first-order valence-electron chi connectivity index (χ1n) is 6.68. The summed E-state index contributed by atoms with van der Waals surface area (Å²) in [5.41, 5.74) is 0. The number of hydrogen-bond acceptors (Lipinski definition) is 3. The van der Waals surface area contributed by atoms with Gasteiger partial charge in [-0.05, 0) is 26.7 Å². The van der Waals surface area contributed by atoms with Gasteiger partial charge in [0.2, 0.25) is 0 Å². The maximum absolute atomic E-state index is 11.6. The van der Waals surface area contributed by atoms with Gasteiger partial charge in [0.25, 0.3) is 0 Å². The number of amides is 2. The number of unbranched alkanes of at least 4 members (excludes halogenated alkanes) is 1. The highest BCUT2D eigenvalue weighted by atomic mass is 16.5. The van der Waals surface area contributed by atoms with Crippen LogP contribution < -0.4 is 5.32 Å². The molecule has 0 aromatic carbocycles. The van der Waals surface area contributed by atoms with Crippen molar-refractivity contribution in [2.45, 2.75) is 39.7 Å². The van der Waals surface area contributed by atoms with Crippen molar-refractivity contribution in [2.24, 2.45) is 5.92 Å². The van der Waals surface area contributed by atoms with Crippen LogP contribution in [0, 0.1) is 5.92 Å². The van der Waals surface area contributed by atoms with Gasteiger partial charge in [-0.2, -0.15) is 0 Å². The molecule has 0 radical (unpaired) electrons. The number of aliphatic carboxylic acids is 1. The van der Waals surface area contributed by atoms with E-state index in [4.69, 9.17) is 9.84 Å². The summed E-state index contributed by atoms with van der Waals surface area (Å²) in [7, 11) is 1.59. The van der Waals surface area contributed by atoms with Crippen LogP contribution in [-0.2, 0) is 9.53 Å². The second-order valence-corrected chi connectivity index (χ2v) is 4.98. The van der Waals surface area contributed by atoms with E-state index in [1.54, 1.807) is 14.0 Å². The predicted molar refractivity (Wildman–Crippen MR) is 73.2 cm³/mol. The van der Waals surface area contributed by atoms with E-state index in [1.165, 1.54) is 4.90 Å². The maximum atomic E-state index is 11.6. The third kappa shape index (κ3) is 9.30. The van der Waals surface area contributed by atoms with Crippen molar-refractivity contribution in [3.63, 3.8) is 0 Å². The molecule has 0 saturated heterocycles. The van der Waals surface area contributed by atoms with Gasteiger partial charge in [0.05, 0.1) is 12.0 Å². The zero-order valence-electron chi connectivity index (χ0n) is 12.3. The van der Waals surface area contributed by atoms with E-state index in [0.29, 0.717) is 13.2 Å². The zero-order valence-corrected chi connectivity index (χ0v) is 12.3. The quantitative estimate of drug-likeness (QED) is 0.625. The Balaban J connectivity index is 3.65. The number of carboxylic acids is 1. The van der Waals surface area contributed by atoms with Crippen LogP contribution >= 0.6 is 0 Å². The van der Waals surface area contributed by atoms with Crippen molar-refractivity contribution in [1.29, 1.82) is 0 Å². The lowest BCUT2D eigenvalue weighted by Crippen LogP contribution is -2.41. The summed E-state index contributed by atoms with van der Waals surface area (Å²) in [4.78, 5) is 23.7. The van der Waals surface area contributed by atoms with Crippen LogP contribution in [0.3, 0.4) is 0 Å². The lowest BCUT2D eigenvalue weighted by Gasteiger charge is -2.20. The van der Waals surface area contributed by atoms with E-state index >= 15 is 0 Å². The molecule has 0 saturated carbocycles. The minimum Gasteiger partial charge on any atom is -0.481 e. The molecule has 0 bridgehead atoms. The number of urea groups is 1. The molecular formula is C13H26N2O4. The molecule has 1 unspecified atom stereocenters. The van der Waals surface area contributed by atoms with E-state index < -0.39 is 11.9 Å². The largest absolute Gasteiger partial charge is 0.481 e. The average Bonchev–Trinajstić information content (AvgIpc) is 2.32. The Hall–Kier alpha value is -1.30. The van der Waals surface area contributed by atoms with Gasteiger partial charge in [-0.1, -0.05) is 6.92 Å². The molecule has 6 heteroatoms. The number of carboxylic acid groups (broad SMARTS) is 1. The number of nitrogens with one attached hydrogen (secondary N) is 1. The molecule has 0 aromatic rings. The van der Waals surface area contributed by atoms with Crippen molar-refractivity contribution < 1.29 is 19.4 Å². The fourth-order valence-corrected chi connectivity index (χ4v) is 1.45. The van der Waals surface area contributed by atoms with E-state index in [0.717, 1.165) is 12.8 Å². The van der Waals surface area contributed by atoms with Gasteiger partial charge in [0, 0.05) is 26.7 Å². The Labute approximate surface area is 115 Å². The first kappa shape index (κ1) is 17.7. The van der Waals surface area contributed by atoms with Crippen LogP contribution in [0.25, 0.3) is 0 Å². The number of carbonyl (C=O) groups excluding carboxylic acids is 1. The minimum absolute atomic E-state index is 0.206.